The minimum atomic E-state index is -0.587. The molecule has 2 aromatic heterocycles. The number of H-pyrrole nitrogens is 1. The third-order valence-electron chi connectivity index (χ3n) is 5.35. The van der Waals surface area contributed by atoms with E-state index in [9.17, 15) is 14.4 Å². The molecule has 150 valence electrons. The Morgan fingerprint density at radius 3 is 2.68 bits per heavy atom. The largest absolute Gasteiger partial charge is 0.427 e. The first kappa shape index (κ1) is 20.0. The zero-order chi connectivity index (χ0) is 20.4. The summed E-state index contributed by atoms with van der Waals surface area (Å²) in [5, 5.41) is 0. The van der Waals surface area contributed by atoms with Crippen LogP contribution in [0.15, 0.2) is 20.1 Å². The summed E-state index contributed by atoms with van der Waals surface area (Å²) < 4.78 is 5.47. The monoisotopic (exact) mass is 385 g/mol. The van der Waals surface area contributed by atoms with Gasteiger partial charge in [-0.25, -0.2) is 9.78 Å². The van der Waals surface area contributed by atoms with Gasteiger partial charge in [0.25, 0.3) is 11.5 Å². The van der Waals surface area contributed by atoms with E-state index in [0.717, 1.165) is 18.5 Å². The molecule has 7 heteroatoms. The number of fused-ring (bicyclic) bond motifs is 1. The molecule has 2 aromatic rings. The van der Waals surface area contributed by atoms with Crippen molar-refractivity contribution in [3.63, 3.8) is 0 Å². The molecule has 3 heterocycles. The molecule has 0 aromatic carbocycles. The molecule has 0 fully saturated rings. The van der Waals surface area contributed by atoms with Gasteiger partial charge in [-0.1, -0.05) is 20.3 Å². The number of amides is 1. The van der Waals surface area contributed by atoms with E-state index in [2.05, 4.69) is 16.9 Å². The molecule has 0 saturated carbocycles. The van der Waals surface area contributed by atoms with Crippen molar-refractivity contribution >= 4 is 5.91 Å². The van der Waals surface area contributed by atoms with Crippen molar-refractivity contribution in [2.45, 2.75) is 59.3 Å². The van der Waals surface area contributed by atoms with Gasteiger partial charge in [0, 0.05) is 31.0 Å². The highest BCUT2D eigenvalue weighted by molar-refractivity contribution is 5.95. The summed E-state index contributed by atoms with van der Waals surface area (Å²) in [4.78, 5) is 46.6. The van der Waals surface area contributed by atoms with E-state index in [4.69, 9.17) is 4.42 Å². The lowest BCUT2D eigenvalue weighted by molar-refractivity contribution is 0.0757. The number of aromatic nitrogens is 2. The van der Waals surface area contributed by atoms with Gasteiger partial charge in [-0.15, -0.1) is 0 Å². The number of hydrogen-bond acceptors (Lipinski definition) is 5. The number of nitrogens with zero attached hydrogens (tertiary/aromatic N) is 2. The molecule has 3 rings (SSSR count). The van der Waals surface area contributed by atoms with Crippen molar-refractivity contribution in [2.24, 2.45) is 0 Å². The van der Waals surface area contributed by atoms with E-state index in [1.807, 2.05) is 6.92 Å². The molecule has 0 bridgehead atoms. The summed E-state index contributed by atoms with van der Waals surface area (Å²) in [6.45, 7) is 8.39. The van der Waals surface area contributed by atoms with Gasteiger partial charge >= 0.3 is 5.63 Å². The van der Waals surface area contributed by atoms with Crippen LogP contribution >= 0.6 is 0 Å². The van der Waals surface area contributed by atoms with Crippen molar-refractivity contribution < 1.29 is 9.21 Å². The smallest absolute Gasteiger partial charge is 0.349 e. The molecule has 0 saturated heterocycles. The molecule has 28 heavy (non-hydrogen) atoms. The quantitative estimate of drug-likeness (QED) is 0.872. The summed E-state index contributed by atoms with van der Waals surface area (Å²) in [6.07, 6.45) is 2.81. The van der Waals surface area contributed by atoms with E-state index >= 15 is 0 Å². The molecule has 1 amide bonds. The number of aromatic amines is 1. The highest BCUT2D eigenvalue weighted by Crippen LogP contribution is 2.22. The Balaban J connectivity index is 1.86. The van der Waals surface area contributed by atoms with Crippen LogP contribution in [0, 0.1) is 13.8 Å². The van der Waals surface area contributed by atoms with E-state index in [1.54, 1.807) is 24.8 Å². The molecular formula is C21H27N3O4. The Bertz CT molecular complexity index is 1010. The molecule has 0 aliphatic carbocycles. The molecule has 1 atom stereocenters. The average Bonchev–Trinajstić information content (AvgIpc) is 2.84. The third kappa shape index (κ3) is 3.93. The summed E-state index contributed by atoms with van der Waals surface area (Å²) in [7, 11) is 0. The van der Waals surface area contributed by atoms with Gasteiger partial charge in [-0.3, -0.25) is 9.59 Å². The number of hydrogen-bond donors (Lipinski definition) is 1. The lowest BCUT2D eigenvalue weighted by Crippen LogP contribution is -2.37. The maximum Gasteiger partial charge on any atom is 0.349 e. The molecule has 1 aliphatic heterocycles. The fourth-order valence-corrected chi connectivity index (χ4v) is 3.80. The Morgan fingerprint density at radius 1 is 1.29 bits per heavy atom. The Morgan fingerprint density at radius 2 is 2.00 bits per heavy atom. The van der Waals surface area contributed by atoms with Gasteiger partial charge in [0.05, 0.1) is 5.69 Å². The summed E-state index contributed by atoms with van der Waals surface area (Å²) in [5.41, 5.74) is 1.32. The molecule has 1 unspecified atom stereocenters. The minimum absolute atomic E-state index is 0.0800. The summed E-state index contributed by atoms with van der Waals surface area (Å²) in [6, 6.07) is 1.80. The van der Waals surface area contributed by atoms with Gasteiger partial charge in [-0.2, -0.15) is 0 Å². The van der Waals surface area contributed by atoms with Crippen LogP contribution in [-0.4, -0.2) is 33.9 Å². The molecule has 0 radical (unpaired) electrons. The summed E-state index contributed by atoms with van der Waals surface area (Å²) in [5.74, 6) is 0.975. The number of carbonyl (C=O) groups is 1. The van der Waals surface area contributed by atoms with Gasteiger partial charge < -0.3 is 14.3 Å². The van der Waals surface area contributed by atoms with Crippen LogP contribution < -0.4 is 11.2 Å². The first-order valence-corrected chi connectivity index (χ1v) is 9.84. The second-order valence-corrected chi connectivity index (χ2v) is 7.55. The standard InChI is InChI=1S/C21H27N3O4/c1-5-6-12(2)17-11-13(3)18(21(27)28-17)20(26)24-9-7-15-16(8-10-24)22-14(4)23-19(15)25/h11-12H,5-10H2,1-4H3,(H,22,23,25). The minimum Gasteiger partial charge on any atom is -0.427 e. The summed E-state index contributed by atoms with van der Waals surface area (Å²) >= 11 is 0. The first-order valence-electron chi connectivity index (χ1n) is 9.84. The number of carbonyl (C=O) groups excluding carboxylic acids is 1. The van der Waals surface area contributed by atoms with Crippen LogP contribution in [0.3, 0.4) is 0 Å². The fraction of sp³-hybridized carbons (Fsp3) is 0.524. The van der Waals surface area contributed by atoms with Crippen molar-refractivity contribution in [1.82, 2.24) is 14.9 Å². The maximum absolute atomic E-state index is 13.1. The van der Waals surface area contributed by atoms with Crippen molar-refractivity contribution in [3.05, 3.63) is 60.8 Å². The van der Waals surface area contributed by atoms with Crippen molar-refractivity contribution in [2.75, 3.05) is 13.1 Å². The highest BCUT2D eigenvalue weighted by atomic mass is 16.4. The third-order valence-corrected chi connectivity index (χ3v) is 5.35. The van der Waals surface area contributed by atoms with E-state index in [-0.39, 0.29) is 22.9 Å². The predicted molar refractivity (Wildman–Crippen MR) is 106 cm³/mol. The Labute approximate surface area is 163 Å². The van der Waals surface area contributed by atoms with E-state index in [1.165, 1.54) is 0 Å². The highest BCUT2D eigenvalue weighted by Gasteiger charge is 2.26. The zero-order valence-corrected chi connectivity index (χ0v) is 16.9. The average molecular weight is 385 g/mol. The van der Waals surface area contributed by atoms with Crippen LogP contribution in [0.4, 0.5) is 0 Å². The van der Waals surface area contributed by atoms with Crippen molar-refractivity contribution in [3.8, 4) is 0 Å². The number of rotatable bonds is 4. The topological polar surface area (TPSA) is 96.3 Å². The van der Waals surface area contributed by atoms with Crippen LogP contribution in [0.5, 0.6) is 0 Å². The van der Waals surface area contributed by atoms with Crippen LogP contribution in [0.2, 0.25) is 0 Å². The Kier molecular flexibility index (Phi) is 5.82. The second kappa shape index (κ2) is 8.12. The molecule has 0 spiro atoms. The van der Waals surface area contributed by atoms with E-state index in [0.29, 0.717) is 48.6 Å². The normalized spacial score (nSPS) is 15.1. The van der Waals surface area contributed by atoms with Gasteiger partial charge in [0.2, 0.25) is 0 Å². The van der Waals surface area contributed by atoms with Crippen LogP contribution in [0.1, 0.15) is 71.4 Å². The second-order valence-electron chi connectivity index (χ2n) is 7.55. The molecular weight excluding hydrogens is 358 g/mol. The Hall–Kier alpha value is -2.70. The van der Waals surface area contributed by atoms with Gasteiger partial charge in [0.1, 0.15) is 17.1 Å². The fourth-order valence-electron chi connectivity index (χ4n) is 3.80. The molecule has 7 nitrogen and oxygen atoms in total. The SMILES string of the molecule is CCCC(C)c1cc(C)c(C(=O)N2CCc3nc(C)[nH]c(=O)c3CC2)c(=O)o1. The van der Waals surface area contributed by atoms with Crippen LogP contribution in [0.25, 0.3) is 0 Å². The first-order chi connectivity index (χ1) is 13.3. The molecule has 1 N–H and O–H groups in total. The van der Waals surface area contributed by atoms with Gasteiger partial charge in [0.15, 0.2) is 0 Å². The number of aryl methyl sites for hydroxylation is 2. The zero-order valence-electron chi connectivity index (χ0n) is 16.9. The lowest BCUT2D eigenvalue weighted by Gasteiger charge is -2.21. The van der Waals surface area contributed by atoms with E-state index < -0.39 is 5.63 Å². The maximum atomic E-state index is 13.1. The van der Waals surface area contributed by atoms with Crippen LogP contribution in [-0.2, 0) is 12.8 Å². The molecule has 1 aliphatic rings. The predicted octanol–water partition coefficient (Wildman–Crippen LogP) is 2.48. The lowest BCUT2D eigenvalue weighted by atomic mass is 10.0. The number of nitrogens with one attached hydrogen (secondary N) is 1. The van der Waals surface area contributed by atoms with Gasteiger partial charge in [-0.05, 0) is 38.3 Å². The van der Waals surface area contributed by atoms with Crippen molar-refractivity contribution in [1.29, 1.82) is 0 Å².